The lowest BCUT2D eigenvalue weighted by Gasteiger charge is -2.33. The summed E-state index contributed by atoms with van der Waals surface area (Å²) in [5.41, 5.74) is 1.07. The maximum absolute atomic E-state index is 12.6. The first-order valence-electron chi connectivity index (χ1n) is 7.51. The van der Waals surface area contributed by atoms with Crippen LogP contribution in [0.25, 0.3) is 0 Å². The van der Waals surface area contributed by atoms with Crippen LogP contribution in [0.1, 0.15) is 18.4 Å². The van der Waals surface area contributed by atoms with E-state index in [1.54, 1.807) is 17.3 Å². The average molecular weight is 298 g/mol. The van der Waals surface area contributed by atoms with Gasteiger partial charge in [0.2, 0.25) is 11.8 Å². The molecule has 6 nitrogen and oxygen atoms in total. The molecule has 0 aromatic carbocycles. The number of amides is 2. The van der Waals surface area contributed by atoms with Crippen LogP contribution in [0.5, 0.6) is 0 Å². The second-order valence-electron chi connectivity index (χ2n) is 5.90. The van der Waals surface area contributed by atoms with Crippen molar-refractivity contribution >= 4 is 11.8 Å². The number of likely N-dealkylation sites (tertiary alicyclic amines) is 2. The lowest BCUT2D eigenvalue weighted by molar-refractivity contribution is -0.140. The van der Waals surface area contributed by atoms with Gasteiger partial charge in [-0.15, -0.1) is 0 Å². The Bertz CT molecular complexity index is 610. The molecule has 1 aromatic rings. The second kappa shape index (κ2) is 6.14. The molecule has 0 radical (unpaired) electrons. The number of hydrogen-bond acceptors (Lipinski definition) is 4. The number of hydrogen-bond donors (Lipinski definition) is 0. The molecule has 0 aliphatic carbocycles. The van der Waals surface area contributed by atoms with Crippen molar-refractivity contribution in [2.75, 3.05) is 19.6 Å². The van der Waals surface area contributed by atoms with Gasteiger partial charge in [-0.2, -0.15) is 5.26 Å². The Labute approximate surface area is 129 Å². The topological polar surface area (TPSA) is 77.3 Å². The van der Waals surface area contributed by atoms with Crippen LogP contribution in [0.4, 0.5) is 0 Å². The minimum Gasteiger partial charge on any atom is -0.341 e. The Hall–Kier alpha value is -2.42. The zero-order valence-electron chi connectivity index (χ0n) is 12.3. The van der Waals surface area contributed by atoms with Gasteiger partial charge in [0.25, 0.3) is 0 Å². The Morgan fingerprint density at radius 3 is 2.86 bits per heavy atom. The molecule has 2 amide bonds. The molecular formula is C16H18N4O2. The van der Waals surface area contributed by atoms with Crippen LogP contribution in [0, 0.1) is 23.2 Å². The summed E-state index contributed by atoms with van der Waals surface area (Å²) in [6.45, 7) is 2.39. The van der Waals surface area contributed by atoms with Crippen LogP contribution in [0.2, 0.25) is 0 Å². The number of nitrogens with zero attached hydrogens (tertiary/aromatic N) is 4. The molecule has 2 atom stereocenters. The Morgan fingerprint density at radius 2 is 2.14 bits per heavy atom. The van der Waals surface area contributed by atoms with E-state index < -0.39 is 0 Å². The summed E-state index contributed by atoms with van der Waals surface area (Å²) >= 11 is 0. The lowest BCUT2D eigenvalue weighted by Crippen LogP contribution is -2.44. The van der Waals surface area contributed by atoms with Gasteiger partial charge in [0.15, 0.2) is 0 Å². The van der Waals surface area contributed by atoms with E-state index in [1.807, 2.05) is 23.1 Å². The molecule has 0 saturated carbocycles. The number of carbonyl (C=O) groups excluding carboxylic acids is 2. The Balaban J connectivity index is 1.65. The predicted molar refractivity (Wildman–Crippen MR) is 78.1 cm³/mol. The lowest BCUT2D eigenvalue weighted by atomic mass is 9.88. The fourth-order valence-electron chi connectivity index (χ4n) is 3.36. The number of pyridine rings is 1. The summed E-state index contributed by atoms with van der Waals surface area (Å²) in [5, 5.41) is 8.64. The summed E-state index contributed by atoms with van der Waals surface area (Å²) in [4.78, 5) is 32.0. The average Bonchev–Trinajstić information content (AvgIpc) is 2.97. The first-order chi connectivity index (χ1) is 10.7. The molecule has 22 heavy (non-hydrogen) atoms. The van der Waals surface area contributed by atoms with Crippen molar-refractivity contribution in [3.8, 4) is 6.07 Å². The molecule has 0 N–H and O–H groups in total. The van der Waals surface area contributed by atoms with Gasteiger partial charge in [-0.1, -0.05) is 0 Å². The predicted octanol–water partition coefficient (Wildman–Crippen LogP) is 0.802. The first-order valence-corrected chi connectivity index (χ1v) is 7.51. The number of carbonyl (C=O) groups is 2. The van der Waals surface area contributed by atoms with E-state index in [0.717, 1.165) is 18.5 Å². The fraction of sp³-hybridized carbons (Fsp3) is 0.500. The smallest absolute Gasteiger partial charge is 0.236 e. The molecule has 2 saturated heterocycles. The zero-order chi connectivity index (χ0) is 15.5. The molecule has 3 heterocycles. The molecule has 2 fully saturated rings. The van der Waals surface area contributed by atoms with Gasteiger partial charge in [-0.25, -0.2) is 0 Å². The van der Waals surface area contributed by atoms with E-state index in [2.05, 4.69) is 4.98 Å². The molecule has 2 aliphatic heterocycles. The summed E-state index contributed by atoms with van der Waals surface area (Å²) in [7, 11) is 0. The highest BCUT2D eigenvalue weighted by atomic mass is 16.2. The molecule has 2 aliphatic rings. The molecular weight excluding hydrogens is 280 g/mol. The highest BCUT2D eigenvalue weighted by Crippen LogP contribution is 2.33. The minimum atomic E-state index is -0.162. The van der Waals surface area contributed by atoms with Crippen molar-refractivity contribution in [3.05, 3.63) is 30.1 Å². The van der Waals surface area contributed by atoms with Crippen LogP contribution in [-0.2, 0) is 16.1 Å². The van der Waals surface area contributed by atoms with Crippen LogP contribution < -0.4 is 0 Å². The molecule has 0 spiro atoms. The van der Waals surface area contributed by atoms with Gasteiger partial charge in [-0.3, -0.25) is 14.6 Å². The number of piperidine rings is 1. The number of fused-ring (bicyclic) bond motifs is 1. The monoisotopic (exact) mass is 298 g/mol. The number of nitriles is 1. The maximum atomic E-state index is 12.6. The highest BCUT2D eigenvalue weighted by Gasteiger charge is 2.43. The zero-order valence-corrected chi connectivity index (χ0v) is 12.3. The van der Waals surface area contributed by atoms with Gasteiger partial charge in [0.05, 0.1) is 12.0 Å². The fourth-order valence-corrected chi connectivity index (χ4v) is 3.36. The maximum Gasteiger partial charge on any atom is 0.236 e. The molecule has 6 heteroatoms. The van der Waals surface area contributed by atoms with E-state index in [1.165, 1.54) is 0 Å². The SMILES string of the molecule is N#CCC(=O)N1C[C@H]2CCN(Cc3ccncc3)C(=O)[C@H]2C1. The molecule has 0 bridgehead atoms. The largest absolute Gasteiger partial charge is 0.341 e. The Kier molecular flexibility index (Phi) is 4.05. The summed E-state index contributed by atoms with van der Waals surface area (Å²) in [6.07, 6.45) is 4.26. The third kappa shape index (κ3) is 2.80. The van der Waals surface area contributed by atoms with Crippen molar-refractivity contribution in [2.45, 2.75) is 19.4 Å². The molecule has 114 valence electrons. The van der Waals surface area contributed by atoms with Gasteiger partial charge < -0.3 is 9.80 Å². The van der Waals surface area contributed by atoms with Crippen LogP contribution in [0.15, 0.2) is 24.5 Å². The van der Waals surface area contributed by atoms with Crippen LogP contribution in [0.3, 0.4) is 0 Å². The van der Waals surface area contributed by atoms with Gasteiger partial charge in [0, 0.05) is 38.6 Å². The van der Waals surface area contributed by atoms with Crippen LogP contribution in [-0.4, -0.2) is 46.2 Å². The second-order valence-corrected chi connectivity index (χ2v) is 5.90. The van der Waals surface area contributed by atoms with Gasteiger partial charge >= 0.3 is 0 Å². The van der Waals surface area contributed by atoms with E-state index >= 15 is 0 Å². The summed E-state index contributed by atoms with van der Waals surface area (Å²) in [6, 6.07) is 5.71. The third-order valence-corrected chi connectivity index (χ3v) is 4.55. The van der Waals surface area contributed by atoms with E-state index in [-0.39, 0.29) is 30.1 Å². The van der Waals surface area contributed by atoms with E-state index in [4.69, 9.17) is 5.26 Å². The molecule has 0 unspecified atom stereocenters. The summed E-state index contributed by atoms with van der Waals surface area (Å²) in [5.74, 6) is 0.0905. The highest BCUT2D eigenvalue weighted by molar-refractivity contribution is 5.84. The van der Waals surface area contributed by atoms with Crippen molar-refractivity contribution in [3.63, 3.8) is 0 Å². The number of aromatic nitrogens is 1. The van der Waals surface area contributed by atoms with Crippen molar-refractivity contribution in [1.29, 1.82) is 5.26 Å². The van der Waals surface area contributed by atoms with Gasteiger partial charge in [0.1, 0.15) is 6.42 Å². The van der Waals surface area contributed by atoms with Crippen molar-refractivity contribution < 1.29 is 9.59 Å². The van der Waals surface area contributed by atoms with Crippen molar-refractivity contribution in [2.24, 2.45) is 11.8 Å². The molecule has 1 aromatic heterocycles. The molecule has 3 rings (SSSR count). The van der Waals surface area contributed by atoms with E-state index in [9.17, 15) is 9.59 Å². The summed E-state index contributed by atoms with van der Waals surface area (Å²) < 4.78 is 0. The van der Waals surface area contributed by atoms with Crippen LogP contribution >= 0.6 is 0 Å². The normalized spacial score (nSPS) is 24.0. The standard InChI is InChI=1S/C16H18N4O2/c17-5-1-15(21)20-10-13-4-8-19(16(22)14(13)11-20)9-12-2-6-18-7-3-12/h2-3,6-7,13-14H,1,4,8-11H2/t13-,14+/m1/s1. The first kappa shape index (κ1) is 14.5. The number of rotatable bonds is 3. The van der Waals surface area contributed by atoms with Gasteiger partial charge in [-0.05, 0) is 30.0 Å². The van der Waals surface area contributed by atoms with Crippen molar-refractivity contribution in [1.82, 2.24) is 14.8 Å². The Morgan fingerprint density at radius 1 is 1.36 bits per heavy atom. The minimum absolute atomic E-state index is 0.103. The quantitative estimate of drug-likeness (QED) is 0.827. The third-order valence-electron chi connectivity index (χ3n) is 4.55. The van der Waals surface area contributed by atoms with E-state index in [0.29, 0.717) is 19.6 Å².